The van der Waals surface area contributed by atoms with E-state index in [2.05, 4.69) is 27.5 Å². The van der Waals surface area contributed by atoms with Crippen molar-refractivity contribution in [3.05, 3.63) is 16.6 Å². The molecule has 0 radical (unpaired) electrons. The molecule has 0 spiro atoms. The fraction of sp³-hybridized carbons (Fsp3) is 0.824. The van der Waals surface area contributed by atoms with Gasteiger partial charge in [0.15, 0.2) is 0 Å². The number of hydrogen-bond acceptors (Lipinski definition) is 4. The molecule has 118 valence electrons. The summed E-state index contributed by atoms with van der Waals surface area (Å²) in [4.78, 5) is 7.21. The Morgan fingerprint density at radius 3 is 2.90 bits per heavy atom. The number of nitrogens with one attached hydrogen (secondary N) is 1. The molecule has 21 heavy (non-hydrogen) atoms. The van der Waals surface area contributed by atoms with Crippen LogP contribution in [0.25, 0.3) is 0 Å². The first kappa shape index (κ1) is 15.4. The third-order valence-corrected chi connectivity index (χ3v) is 5.99. The Hall–Kier alpha value is -0.450. The molecule has 0 amide bonds. The van der Waals surface area contributed by atoms with Crippen LogP contribution < -0.4 is 5.32 Å². The number of hydrogen-bond donors (Lipinski definition) is 1. The van der Waals surface area contributed by atoms with Gasteiger partial charge in [0.25, 0.3) is 0 Å². The monoisotopic (exact) mass is 307 g/mol. The zero-order chi connectivity index (χ0) is 14.5. The van der Waals surface area contributed by atoms with E-state index in [1.165, 1.54) is 63.0 Å². The van der Waals surface area contributed by atoms with Gasteiger partial charge in [-0.15, -0.1) is 11.3 Å². The molecule has 3 nitrogen and oxygen atoms in total. The molecule has 3 rings (SSSR count). The standard InChI is InChI=1S/C17H29N3S/c1-2-6-15-11-19-16(14-7-4-3-5-8-14)12-20(15)13-17-18-9-10-21-17/h9-10,14-16,19H,2-8,11-13H2,1H3. The molecule has 1 aromatic heterocycles. The highest BCUT2D eigenvalue weighted by molar-refractivity contribution is 7.09. The van der Waals surface area contributed by atoms with Crippen molar-refractivity contribution in [1.82, 2.24) is 15.2 Å². The molecule has 2 aliphatic rings. The van der Waals surface area contributed by atoms with Crippen LogP contribution in [0.2, 0.25) is 0 Å². The zero-order valence-corrected chi connectivity index (χ0v) is 14.1. The minimum atomic E-state index is 0.693. The molecule has 0 aromatic carbocycles. The lowest BCUT2D eigenvalue weighted by Crippen LogP contribution is -2.58. The molecule has 2 heterocycles. The third-order valence-electron chi connectivity index (χ3n) is 5.23. The van der Waals surface area contributed by atoms with Gasteiger partial charge in [-0.3, -0.25) is 4.90 Å². The Morgan fingerprint density at radius 1 is 1.33 bits per heavy atom. The second-order valence-electron chi connectivity index (χ2n) is 6.71. The summed E-state index contributed by atoms with van der Waals surface area (Å²) in [5.41, 5.74) is 0. The molecule has 1 N–H and O–H groups in total. The van der Waals surface area contributed by atoms with Gasteiger partial charge in [0.2, 0.25) is 0 Å². The van der Waals surface area contributed by atoms with E-state index < -0.39 is 0 Å². The van der Waals surface area contributed by atoms with Gasteiger partial charge in [-0.05, 0) is 25.2 Å². The second kappa shape index (κ2) is 7.70. The maximum atomic E-state index is 4.50. The van der Waals surface area contributed by atoms with E-state index in [9.17, 15) is 0 Å². The SMILES string of the molecule is CCCC1CNC(C2CCCCC2)CN1Cc1nccs1. The average Bonchev–Trinajstić information content (AvgIpc) is 3.03. The fourth-order valence-corrected chi connectivity index (χ4v) is 4.69. The molecule has 1 aromatic rings. The van der Waals surface area contributed by atoms with Gasteiger partial charge < -0.3 is 5.32 Å². The van der Waals surface area contributed by atoms with Crippen molar-refractivity contribution >= 4 is 11.3 Å². The van der Waals surface area contributed by atoms with Crippen LogP contribution in [0.3, 0.4) is 0 Å². The predicted octanol–water partition coefficient (Wildman–Crippen LogP) is 3.67. The van der Waals surface area contributed by atoms with Gasteiger partial charge in [-0.2, -0.15) is 0 Å². The van der Waals surface area contributed by atoms with Crippen LogP contribution in [-0.4, -0.2) is 35.1 Å². The van der Waals surface area contributed by atoms with Crippen LogP contribution in [0, 0.1) is 5.92 Å². The van der Waals surface area contributed by atoms with E-state index in [0.717, 1.165) is 12.5 Å². The first-order valence-electron chi connectivity index (χ1n) is 8.72. The molecule has 1 aliphatic carbocycles. The number of aromatic nitrogens is 1. The second-order valence-corrected chi connectivity index (χ2v) is 7.69. The molecule has 1 aliphatic heterocycles. The molecular formula is C17H29N3S. The molecule has 2 unspecified atom stereocenters. The number of nitrogens with zero attached hydrogens (tertiary/aromatic N) is 2. The van der Waals surface area contributed by atoms with Crippen LogP contribution in [0.4, 0.5) is 0 Å². The first-order valence-corrected chi connectivity index (χ1v) is 9.60. The summed E-state index contributed by atoms with van der Waals surface area (Å²) >= 11 is 1.80. The minimum Gasteiger partial charge on any atom is -0.311 e. The predicted molar refractivity (Wildman–Crippen MR) is 89.6 cm³/mol. The molecule has 2 fully saturated rings. The highest BCUT2D eigenvalue weighted by Gasteiger charge is 2.32. The van der Waals surface area contributed by atoms with E-state index >= 15 is 0 Å². The molecule has 4 heteroatoms. The van der Waals surface area contributed by atoms with E-state index in [4.69, 9.17) is 0 Å². The van der Waals surface area contributed by atoms with Crippen molar-refractivity contribution in [3.8, 4) is 0 Å². The maximum absolute atomic E-state index is 4.50. The van der Waals surface area contributed by atoms with Gasteiger partial charge in [-0.1, -0.05) is 32.6 Å². The first-order chi connectivity index (χ1) is 10.4. The normalized spacial score (nSPS) is 28.8. The Morgan fingerprint density at radius 2 is 2.19 bits per heavy atom. The lowest BCUT2D eigenvalue weighted by molar-refractivity contribution is 0.0844. The van der Waals surface area contributed by atoms with E-state index in [1.54, 1.807) is 11.3 Å². The summed E-state index contributed by atoms with van der Waals surface area (Å²) in [6.07, 6.45) is 11.7. The largest absolute Gasteiger partial charge is 0.311 e. The summed E-state index contributed by atoms with van der Waals surface area (Å²) in [6.45, 7) is 5.73. The van der Waals surface area contributed by atoms with Gasteiger partial charge in [-0.25, -0.2) is 4.98 Å². The van der Waals surface area contributed by atoms with Crippen LogP contribution in [0.1, 0.15) is 56.9 Å². The number of piperazine rings is 1. The maximum Gasteiger partial charge on any atom is 0.107 e. The van der Waals surface area contributed by atoms with Crippen molar-refractivity contribution < 1.29 is 0 Å². The summed E-state index contributed by atoms with van der Waals surface area (Å²) in [5.74, 6) is 0.903. The summed E-state index contributed by atoms with van der Waals surface area (Å²) < 4.78 is 0. The molecule has 1 saturated carbocycles. The Balaban J connectivity index is 1.62. The van der Waals surface area contributed by atoms with Crippen molar-refractivity contribution in [3.63, 3.8) is 0 Å². The van der Waals surface area contributed by atoms with E-state index in [0.29, 0.717) is 12.1 Å². The van der Waals surface area contributed by atoms with Crippen LogP contribution in [-0.2, 0) is 6.54 Å². The van der Waals surface area contributed by atoms with E-state index in [1.807, 2.05) is 6.20 Å². The third kappa shape index (κ3) is 4.05. The van der Waals surface area contributed by atoms with Crippen LogP contribution in [0.15, 0.2) is 11.6 Å². The molecule has 1 saturated heterocycles. The number of rotatable bonds is 5. The van der Waals surface area contributed by atoms with Gasteiger partial charge in [0, 0.05) is 36.8 Å². The topological polar surface area (TPSA) is 28.2 Å². The fourth-order valence-electron chi connectivity index (χ4n) is 4.05. The van der Waals surface area contributed by atoms with Crippen molar-refractivity contribution in [2.45, 2.75) is 70.5 Å². The Bertz CT molecular complexity index is 400. The summed E-state index contributed by atoms with van der Waals surface area (Å²) in [7, 11) is 0. The van der Waals surface area contributed by atoms with Crippen LogP contribution in [0.5, 0.6) is 0 Å². The molecular weight excluding hydrogens is 278 g/mol. The van der Waals surface area contributed by atoms with E-state index in [-0.39, 0.29) is 0 Å². The Kier molecular flexibility index (Phi) is 5.67. The van der Waals surface area contributed by atoms with Crippen molar-refractivity contribution in [2.24, 2.45) is 5.92 Å². The van der Waals surface area contributed by atoms with Gasteiger partial charge >= 0.3 is 0 Å². The molecule has 0 bridgehead atoms. The smallest absolute Gasteiger partial charge is 0.107 e. The Labute approximate surface area is 133 Å². The van der Waals surface area contributed by atoms with Crippen LogP contribution >= 0.6 is 11.3 Å². The number of thiazole rings is 1. The van der Waals surface area contributed by atoms with Crippen molar-refractivity contribution in [2.75, 3.05) is 13.1 Å². The lowest BCUT2D eigenvalue weighted by atomic mass is 9.82. The quantitative estimate of drug-likeness (QED) is 0.899. The minimum absolute atomic E-state index is 0.693. The highest BCUT2D eigenvalue weighted by atomic mass is 32.1. The zero-order valence-electron chi connectivity index (χ0n) is 13.3. The molecule has 2 atom stereocenters. The van der Waals surface area contributed by atoms with Gasteiger partial charge in [0.05, 0.1) is 6.54 Å². The lowest BCUT2D eigenvalue weighted by Gasteiger charge is -2.43. The van der Waals surface area contributed by atoms with Gasteiger partial charge in [0.1, 0.15) is 5.01 Å². The highest BCUT2D eigenvalue weighted by Crippen LogP contribution is 2.29. The average molecular weight is 308 g/mol. The summed E-state index contributed by atoms with van der Waals surface area (Å²) in [6, 6.07) is 1.40. The van der Waals surface area contributed by atoms with Crippen molar-refractivity contribution in [1.29, 1.82) is 0 Å². The summed E-state index contributed by atoms with van der Waals surface area (Å²) in [5, 5.41) is 7.25.